The number of halogens is 4. The van der Waals surface area contributed by atoms with E-state index >= 15 is 0 Å². The normalized spacial score (nSPS) is 22.0. The number of nitrogens with zero attached hydrogens (tertiary/aromatic N) is 3. The number of benzene rings is 2. The maximum absolute atomic E-state index is 12.9. The molecule has 2 heterocycles. The molecule has 1 amide bonds. The molecule has 1 N–H and O–H groups in total. The van der Waals surface area contributed by atoms with Gasteiger partial charge in [-0.05, 0) is 79.2 Å². The maximum atomic E-state index is 12.9. The Morgan fingerprint density at radius 1 is 1.12 bits per heavy atom. The lowest BCUT2D eigenvalue weighted by molar-refractivity contribution is -0.321. The van der Waals surface area contributed by atoms with Gasteiger partial charge in [-0.2, -0.15) is 0 Å². The molecule has 2 aromatic carbocycles. The van der Waals surface area contributed by atoms with Gasteiger partial charge in [0, 0.05) is 30.9 Å². The van der Waals surface area contributed by atoms with Gasteiger partial charge in [0.25, 0.3) is 0 Å². The number of nitrogens with one attached hydrogen (secondary N) is 1. The van der Waals surface area contributed by atoms with Gasteiger partial charge in [0.1, 0.15) is 30.4 Å². The van der Waals surface area contributed by atoms with Crippen molar-refractivity contribution < 1.29 is 46.4 Å². The molecule has 1 saturated heterocycles. The Kier molecular flexibility index (Phi) is 9.77. The van der Waals surface area contributed by atoms with Gasteiger partial charge in [-0.1, -0.05) is 0 Å². The van der Waals surface area contributed by atoms with Crippen LogP contribution in [-0.4, -0.2) is 78.2 Å². The first-order valence-corrected chi connectivity index (χ1v) is 13.5. The van der Waals surface area contributed by atoms with Crippen molar-refractivity contribution in [3.8, 4) is 22.8 Å². The Hall–Kier alpha value is -3.24. The summed E-state index contributed by atoms with van der Waals surface area (Å²) >= 11 is 3.44. The predicted octanol–water partition coefficient (Wildman–Crippen LogP) is 5.71. The lowest BCUT2D eigenvalue weighted by atomic mass is 9.89. The van der Waals surface area contributed by atoms with Gasteiger partial charge in [0.2, 0.25) is 6.29 Å². The van der Waals surface area contributed by atoms with Crippen LogP contribution in [0.1, 0.15) is 20.8 Å². The number of carbonyl (C=O) groups is 1. The van der Waals surface area contributed by atoms with E-state index in [1.165, 1.54) is 42.4 Å². The molecule has 0 radical (unpaired) electrons. The number of hydrogen-bond donors (Lipinski definition) is 1. The smallest absolute Gasteiger partial charge is 0.416 e. The molecule has 0 spiro atoms. The molecule has 1 aromatic heterocycles. The molecule has 4 atom stereocenters. The fourth-order valence-electron chi connectivity index (χ4n) is 4.61. The number of ether oxygens (including phenoxy) is 6. The predicted molar refractivity (Wildman–Crippen MR) is 147 cm³/mol. The molecule has 228 valence electrons. The van der Waals surface area contributed by atoms with Crippen LogP contribution in [0.5, 0.6) is 5.75 Å². The van der Waals surface area contributed by atoms with Crippen molar-refractivity contribution >= 4 is 27.7 Å². The van der Waals surface area contributed by atoms with Crippen LogP contribution in [0.25, 0.3) is 17.1 Å². The first-order chi connectivity index (χ1) is 19.8. The topological polar surface area (TPSA) is 115 Å². The molecule has 1 fully saturated rings. The number of aromatic nitrogens is 3. The SMILES string of the molecule is CCO[C@H]1[C@@H](OC)[C@H](OC(=O)Nc2ccc(-c3ncn(-c4ccc(OC(F)(F)F)cc4)n3)cc2Br)OC(C)(C)[C@@H]1OC. The minimum atomic E-state index is -4.78. The monoisotopic (exact) mass is 658 g/mol. The van der Waals surface area contributed by atoms with E-state index in [4.69, 9.17) is 23.7 Å². The van der Waals surface area contributed by atoms with Crippen LogP contribution >= 0.6 is 15.9 Å². The third-order valence-electron chi connectivity index (χ3n) is 6.39. The quantitative estimate of drug-likeness (QED) is 0.308. The summed E-state index contributed by atoms with van der Waals surface area (Å²) in [5.41, 5.74) is 0.655. The van der Waals surface area contributed by atoms with Gasteiger partial charge in [-0.3, -0.25) is 5.32 Å². The van der Waals surface area contributed by atoms with E-state index in [1.807, 2.05) is 20.8 Å². The van der Waals surface area contributed by atoms with Crippen molar-refractivity contribution in [3.63, 3.8) is 0 Å². The minimum absolute atomic E-state index is 0.343. The van der Waals surface area contributed by atoms with Crippen LogP contribution in [-0.2, 0) is 23.7 Å². The molecule has 15 heteroatoms. The maximum Gasteiger partial charge on any atom is 0.573 e. The Morgan fingerprint density at radius 3 is 2.43 bits per heavy atom. The summed E-state index contributed by atoms with van der Waals surface area (Å²) < 4.78 is 71.8. The van der Waals surface area contributed by atoms with Gasteiger partial charge >= 0.3 is 12.5 Å². The van der Waals surface area contributed by atoms with Crippen molar-refractivity contribution in [3.05, 3.63) is 53.3 Å². The molecular formula is C27H30BrF3N4O7. The van der Waals surface area contributed by atoms with Crippen molar-refractivity contribution in [1.82, 2.24) is 14.8 Å². The summed E-state index contributed by atoms with van der Waals surface area (Å²) in [4.78, 5) is 17.2. The first-order valence-electron chi connectivity index (χ1n) is 12.8. The zero-order valence-electron chi connectivity index (χ0n) is 23.3. The van der Waals surface area contributed by atoms with Gasteiger partial charge in [0.15, 0.2) is 5.82 Å². The van der Waals surface area contributed by atoms with E-state index < -0.39 is 42.7 Å². The van der Waals surface area contributed by atoms with E-state index in [2.05, 4.69) is 36.1 Å². The summed E-state index contributed by atoms with van der Waals surface area (Å²) in [6.07, 6.45) is -6.96. The van der Waals surface area contributed by atoms with Gasteiger partial charge < -0.3 is 28.4 Å². The largest absolute Gasteiger partial charge is 0.573 e. The van der Waals surface area contributed by atoms with Crippen molar-refractivity contribution in [2.45, 2.75) is 57.3 Å². The number of anilines is 1. The van der Waals surface area contributed by atoms with Crippen LogP contribution in [0.4, 0.5) is 23.7 Å². The molecule has 1 aliphatic rings. The van der Waals surface area contributed by atoms with Crippen LogP contribution < -0.4 is 10.1 Å². The Bertz CT molecular complexity index is 1370. The van der Waals surface area contributed by atoms with Gasteiger partial charge in [-0.25, -0.2) is 14.5 Å². The second-order valence-electron chi connectivity index (χ2n) is 9.65. The number of alkyl halides is 3. The first kappa shape index (κ1) is 31.7. The van der Waals surface area contributed by atoms with Crippen LogP contribution in [0.15, 0.2) is 53.3 Å². The third-order valence-corrected chi connectivity index (χ3v) is 7.05. The van der Waals surface area contributed by atoms with E-state index in [9.17, 15) is 18.0 Å². The number of methoxy groups -OCH3 is 2. The second kappa shape index (κ2) is 13.0. The number of hydrogen-bond acceptors (Lipinski definition) is 9. The average Bonchev–Trinajstić information content (AvgIpc) is 3.40. The highest BCUT2D eigenvalue weighted by Gasteiger charge is 2.53. The standard InChI is InChI=1S/C27H30BrF3N4O7/c1-6-39-20-21(37-4)24(42-26(2,3)22(20)38-5)40-25(36)33-19-12-7-15(13-18(19)28)23-32-14-35(34-23)16-8-10-17(11-9-16)41-27(29,30)31/h7-14,20-22,24H,6H2,1-5H3,(H,33,36)/t20-,21+,22+,24+/m0/s1. The summed E-state index contributed by atoms with van der Waals surface area (Å²) in [7, 11) is 3.03. The van der Waals surface area contributed by atoms with Crippen LogP contribution in [0.3, 0.4) is 0 Å². The van der Waals surface area contributed by atoms with E-state index in [0.717, 1.165) is 0 Å². The number of carbonyl (C=O) groups excluding carboxylic acids is 1. The molecule has 42 heavy (non-hydrogen) atoms. The number of amides is 1. The number of rotatable bonds is 9. The summed E-state index contributed by atoms with van der Waals surface area (Å²) in [6, 6.07) is 10.2. The fourth-order valence-corrected chi connectivity index (χ4v) is 5.08. The van der Waals surface area contributed by atoms with Crippen LogP contribution in [0, 0.1) is 0 Å². The highest BCUT2D eigenvalue weighted by Crippen LogP contribution is 2.35. The van der Waals surface area contributed by atoms with Crippen molar-refractivity contribution in [2.75, 3.05) is 26.1 Å². The van der Waals surface area contributed by atoms with E-state index in [0.29, 0.717) is 33.8 Å². The zero-order chi connectivity index (χ0) is 30.7. The molecule has 3 aromatic rings. The van der Waals surface area contributed by atoms with Gasteiger partial charge in [-0.15, -0.1) is 18.3 Å². The highest BCUT2D eigenvalue weighted by atomic mass is 79.9. The fraction of sp³-hybridized carbons (Fsp3) is 0.444. The molecule has 0 saturated carbocycles. The Morgan fingerprint density at radius 2 is 1.83 bits per heavy atom. The molecule has 11 nitrogen and oxygen atoms in total. The average molecular weight is 659 g/mol. The highest BCUT2D eigenvalue weighted by molar-refractivity contribution is 9.10. The summed E-state index contributed by atoms with van der Waals surface area (Å²) in [6.45, 7) is 5.87. The molecule has 0 aliphatic carbocycles. The molecule has 0 unspecified atom stereocenters. The third kappa shape index (κ3) is 7.39. The molecule has 1 aliphatic heterocycles. The summed E-state index contributed by atoms with van der Waals surface area (Å²) in [5, 5.41) is 7.07. The lowest BCUT2D eigenvalue weighted by Gasteiger charge is -2.48. The Balaban J connectivity index is 1.43. The van der Waals surface area contributed by atoms with E-state index in [-0.39, 0.29) is 5.75 Å². The van der Waals surface area contributed by atoms with Crippen LogP contribution in [0.2, 0.25) is 0 Å². The zero-order valence-corrected chi connectivity index (χ0v) is 24.9. The lowest BCUT2D eigenvalue weighted by Crippen LogP contribution is -2.64. The minimum Gasteiger partial charge on any atom is -0.416 e. The second-order valence-corrected chi connectivity index (χ2v) is 10.5. The molecular weight excluding hydrogens is 629 g/mol. The van der Waals surface area contributed by atoms with E-state index in [1.54, 1.807) is 25.3 Å². The Labute approximate surface area is 248 Å². The van der Waals surface area contributed by atoms with Crippen molar-refractivity contribution in [1.29, 1.82) is 0 Å². The van der Waals surface area contributed by atoms with Crippen molar-refractivity contribution in [2.24, 2.45) is 0 Å². The molecule has 0 bridgehead atoms. The molecule has 4 rings (SSSR count). The summed E-state index contributed by atoms with van der Waals surface area (Å²) in [5.74, 6) is -0.00204. The van der Waals surface area contributed by atoms with Gasteiger partial charge in [0.05, 0.1) is 17.0 Å².